The molecule has 43 heteroatoms. The van der Waals surface area contributed by atoms with E-state index in [1.54, 1.807) is 46.5 Å². The Morgan fingerprint density at radius 1 is 0.605 bits per heavy atom. The maximum absolute atomic E-state index is 14.2. The van der Waals surface area contributed by atoms with Crippen LogP contribution < -0.4 is 9.80 Å². The summed E-state index contributed by atoms with van der Waals surface area (Å²) in [5, 5.41) is 32.0. The highest BCUT2D eigenvalue weighted by atomic mass is 79.9. The minimum atomic E-state index is -3.50. The molecule has 6 fully saturated rings. The second-order valence-electron chi connectivity index (χ2n) is 36.6. The summed E-state index contributed by atoms with van der Waals surface area (Å²) in [6.45, 7) is 42.8. The number of tetrazole rings is 2. The molecule has 36 nitrogen and oxygen atoms in total. The minimum absolute atomic E-state index is 0.0205. The highest BCUT2D eigenvalue weighted by Crippen LogP contribution is 2.56. The van der Waals surface area contributed by atoms with Gasteiger partial charge in [-0.15, -0.1) is 40.2 Å². The first kappa shape index (κ1) is 95.6. The van der Waals surface area contributed by atoms with Crippen molar-refractivity contribution >= 4 is 116 Å². The first-order valence-electron chi connectivity index (χ1n) is 40.6. The molecule has 12 rings (SSSR count). The number of halogens is 3. The van der Waals surface area contributed by atoms with Crippen molar-refractivity contribution in [3.8, 4) is 0 Å². The van der Waals surface area contributed by atoms with Gasteiger partial charge in [0.05, 0.1) is 49.6 Å². The lowest BCUT2D eigenvalue weighted by Gasteiger charge is -2.35. The number of alkyl halides is 1. The van der Waals surface area contributed by atoms with E-state index in [2.05, 4.69) is 106 Å². The van der Waals surface area contributed by atoms with Crippen molar-refractivity contribution in [2.75, 3.05) is 76.1 Å². The van der Waals surface area contributed by atoms with Crippen LogP contribution in [0.4, 0.5) is 21.2 Å². The van der Waals surface area contributed by atoms with E-state index in [1.807, 2.05) is 79.7 Å². The highest BCUT2D eigenvalue weighted by molar-refractivity contribution is 9.08. The number of fused-ring (bicyclic) bond motifs is 4. The van der Waals surface area contributed by atoms with E-state index in [-0.39, 0.29) is 68.1 Å². The van der Waals surface area contributed by atoms with Gasteiger partial charge in [-0.1, -0.05) is 80.9 Å². The van der Waals surface area contributed by atoms with E-state index in [0.717, 1.165) is 70.1 Å². The van der Waals surface area contributed by atoms with E-state index in [1.165, 1.54) is 36.3 Å². The Kier molecular flexibility index (Phi) is 31.3. The Balaban J connectivity index is 0.000000218. The average Bonchev–Trinajstić information content (AvgIpc) is 1.51. The molecule has 0 bridgehead atoms. The van der Waals surface area contributed by atoms with E-state index in [4.69, 9.17) is 89.5 Å². The first-order valence-corrected chi connectivity index (χ1v) is 55.2. The number of hydrogen-bond acceptors (Lipinski definition) is 30. The van der Waals surface area contributed by atoms with Gasteiger partial charge in [0.1, 0.15) is 85.4 Å². The predicted molar refractivity (Wildman–Crippen MR) is 452 cm³/mol. The van der Waals surface area contributed by atoms with Gasteiger partial charge in [-0.25, -0.2) is 28.2 Å². The molecular formula is C76H121BrCl2N16O20P2Si2. The lowest BCUT2D eigenvalue weighted by atomic mass is 10.1. The maximum atomic E-state index is 14.2. The zero-order chi connectivity index (χ0) is 87.3. The third kappa shape index (κ3) is 24.7. The molecule has 6 aromatic rings. The molecule has 10 heterocycles. The Morgan fingerprint density at radius 2 is 1.02 bits per heavy atom. The lowest BCUT2D eigenvalue weighted by molar-refractivity contribution is -0.199. The second-order valence-corrected chi connectivity index (χ2v) is 55.9. The van der Waals surface area contributed by atoms with E-state index >= 15 is 0 Å². The molecule has 2 unspecified atom stereocenters. The van der Waals surface area contributed by atoms with E-state index < -0.39 is 137 Å². The van der Waals surface area contributed by atoms with Crippen LogP contribution in [-0.4, -0.2) is 259 Å². The lowest BCUT2D eigenvalue weighted by Crippen LogP contribution is -2.47. The molecule has 0 N–H and O–H groups in total. The fraction of sp³-hybridized carbons (Fsp3) is 0.763. The van der Waals surface area contributed by atoms with Crippen LogP contribution in [0.2, 0.25) is 61.9 Å². The number of nitrogens with zero attached hydrogens (tertiary/aromatic N) is 16. The standard InChI is InChI=1S/C38H60ClN8O10PSi.C30H44ClN4O9P.C8H17BrN4OSi/c1-12-52-33(48)38(58(7,8)50,21-28-41-44-45(42-28)23-51-19-20-59(9,10)11)53-22-27-30-31(56-37(5,6)55-30)29(54-27)25-17-18-26-32(40-34(39)43-47(25)26)46(24-15-13-14-16-24)35(49)57-36(2,3)4;1-9-39-25(36)26(45(7,8)38)40-16-20-22-23(43-30(5,6)42-22)21(41-20)18-14-15-19-24(32-27(31)33-35(18)19)34(17-12-10-11-13-17)28(37)44-29(2,3)4;1-15(2,3)5-4-14-7-13-11-8(6-9)10-12-13/h17-18,24,27,29-31H,12-16,19-23H2,1-11H3;14-15,17,20-23,26H,9-13,16H2,1-8H3;4-7H2,1-3H3/t27-,29-,30-,31+,38?;20-,21-,22-,23+,26?;/m11./s1. The smallest absolute Gasteiger partial charge is 0.416 e. The first-order chi connectivity index (χ1) is 55.5. The minimum Gasteiger partial charge on any atom is -0.464 e. The quantitative estimate of drug-likeness (QED) is 0.00974. The topological polar surface area (TPSA) is 386 Å². The summed E-state index contributed by atoms with van der Waals surface area (Å²) in [5.41, 5.74) is 0.770. The monoisotopic (exact) mass is 1840 g/mol. The van der Waals surface area contributed by atoms with Crippen LogP contribution in [0.1, 0.15) is 170 Å². The fourth-order valence-electron chi connectivity index (χ4n) is 14.8. The van der Waals surface area contributed by atoms with Gasteiger partial charge in [0.25, 0.3) is 0 Å². The van der Waals surface area contributed by atoms with Gasteiger partial charge >= 0.3 is 24.1 Å². The number of amides is 2. The molecule has 2 saturated carbocycles. The summed E-state index contributed by atoms with van der Waals surface area (Å²) in [7, 11) is -8.82. The molecule has 6 aromatic heterocycles. The molecule has 6 aliphatic rings. The summed E-state index contributed by atoms with van der Waals surface area (Å²) in [4.78, 5) is 68.9. The number of aromatic nitrogens is 14. The van der Waals surface area contributed by atoms with Crippen LogP contribution in [-0.2, 0) is 110 Å². The molecule has 2 amide bonds. The number of rotatable bonds is 31. The van der Waals surface area contributed by atoms with Crippen molar-refractivity contribution in [1.82, 2.24) is 69.6 Å². The number of carbonyl (C=O) groups is 4. The van der Waals surface area contributed by atoms with Gasteiger partial charge in [-0.05, 0) is 205 Å². The Hall–Kier alpha value is -5.59. The van der Waals surface area contributed by atoms with Crippen molar-refractivity contribution < 1.29 is 94.6 Å². The van der Waals surface area contributed by atoms with Crippen LogP contribution in [0, 0.1) is 0 Å². The zero-order valence-corrected chi connectivity index (χ0v) is 79.5. The van der Waals surface area contributed by atoms with Crippen molar-refractivity contribution in [1.29, 1.82) is 0 Å². The van der Waals surface area contributed by atoms with Crippen molar-refractivity contribution in [3.63, 3.8) is 0 Å². The van der Waals surface area contributed by atoms with E-state index in [0.29, 0.717) is 58.5 Å². The van der Waals surface area contributed by atoms with Gasteiger partial charge in [0, 0.05) is 41.4 Å². The second kappa shape index (κ2) is 38.9. The normalized spacial score (nSPS) is 22.9. The fourth-order valence-corrected chi connectivity index (χ4v) is 19.3. The number of carbonyl (C=O) groups excluding carboxylic acids is 4. The summed E-state index contributed by atoms with van der Waals surface area (Å²) in [5.74, 6) is -3.21. The Bertz CT molecular complexity index is 4570. The molecule has 0 aromatic carbocycles. The van der Waals surface area contributed by atoms with Crippen molar-refractivity contribution in [2.24, 2.45) is 0 Å². The number of anilines is 2. The summed E-state index contributed by atoms with van der Waals surface area (Å²) in [6, 6.07) is 9.17. The Morgan fingerprint density at radius 3 is 1.40 bits per heavy atom. The molecule has 4 aliphatic heterocycles. The highest BCUT2D eigenvalue weighted by Gasteiger charge is 2.60. The van der Waals surface area contributed by atoms with E-state index in [9.17, 15) is 28.3 Å². The molecule has 2 aliphatic carbocycles. The zero-order valence-electron chi connectivity index (χ0n) is 72.7. The molecule has 0 radical (unpaired) electrons. The molecule has 664 valence electrons. The molecule has 4 saturated heterocycles. The molecule has 119 heavy (non-hydrogen) atoms. The van der Waals surface area contributed by atoms with Crippen LogP contribution in [0.3, 0.4) is 0 Å². The number of hydrogen-bond donors (Lipinski definition) is 0. The number of ether oxygens (including phenoxy) is 14. The summed E-state index contributed by atoms with van der Waals surface area (Å²) in [6.07, 6.45) is 0.334. The Labute approximate surface area is 716 Å². The SMILES string of the molecule is CCOC(=O)C(Cc1nnn(COCC[Si](C)(C)C)n1)(OC[C@H]1O[C@H](c2ccc3c(N(C(=O)OC(C)(C)C)C4CCCC4)nc(Cl)nn23)[C@@H]2OC(C)(C)O[C@@H]21)P(C)(C)=O.CCOC(=O)C(OC[C@H]1O[C@H](c2ccc3c(N(C(=O)OC(C)(C)C)C4CCCC4)nc(Cl)nn23)[C@@H]2OC(C)(C)O[C@@H]21)P(C)(C)=O.C[Si](C)(C)CCOCn1nnc(CBr)n1. The third-order valence-corrected chi connectivity index (χ3v) is 28.2. The van der Waals surface area contributed by atoms with Crippen LogP contribution in [0.5, 0.6) is 0 Å². The predicted octanol–water partition coefficient (Wildman–Crippen LogP) is 13.9. The maximum Gasteiger partial charge on any atom is 0.416 e. The van der Waals surface area contributed by atoms with Gasteiger partial charge in [-0.2, -0.15) is 9.97 Å². The third-order valence-electron chi connectivity index (χ3n) is 20.2. The molecule has 0 spiro atoms. The van der Waals surface area contributed by atoms with Crippen LogP contribution in [0.15, 0.2) is 24.3 Å². The largest absolute Gasteiger partial charge is 0.464 e. The van der Waals surface area contributed by atoms with Gasteiger partial charge in [-0.3, -0.25) is 9.80 Å². The van der Waals surface area contributed by atoms with Crippen LogP contribution >= 0.6 is 53.4 Å². The summed E-state index contributed by atoms with van der Waals surface area (Å²) >= 11 is 16.4. The van der Waals surface area contributed by atoms with Gasteiger partial charge < -0.3 is 75.4 Å². The van der Waals surface area contributed by atoms with Crippen LogP contribution in [0.25, 0.3) is 11.0 Å². The van der Waals surface area contributed by atoms with Crippen molar-refractivity contribution in [2.45, 2.75) is 306 Å². The van der Waals surface area contributed by atoms with Gasteiger partial charge in [0.15, 0.2) is 48.3 Å². The average molecular weight is 1850 g/mol. The summed E-state index contributed by atoms with van der Waals surface area (Å²) < 4.78 is 115. The molecular weight excluding hydrogens is 1730 g/mol. The molecule has 10 atom stereocenters. The van der Waals surface area contributed by atoms with Crippen molar-refractivity contribution in [3.05, 3.63) is 57.9 Å². The van der Waals surface area contributed by atoms with Gasteiger partial charge in [0.2, 0.25) is 21.8 Å². The number of esters is 2.